The van der Waals surface area contributed by atoms with Crippen molar-refractivity contribution in [2.24, 2.45) is 0 Å². The monoisotopic (exact) mass is 516 g/mol. The second-order valence-electron chi connectivity index (χ2n) is 8.98. The van der Waals surface area contributed by atoms with Crippen molar-refractivity contribution in [2.45, 2.75) is 25.5 Å². The van der Waals surface area contributed by atoms with Crippen molar-refractivity contribution in [3.8, 4) is 11.5 Å². The molecule has 9 heteroatoms. The number of benzene rings is 3. The maximum Gasteiger partial charge on any atom is 0.301 e. The number of Topliss-reactive ketones (excluding diaryl/α,β-unsaturated/α-hetero) is 1. The number of nitrogens with zero attached hydrogens (tertiary/aromatic N) is 2. The number of hydrogen-bond donors (Lipinski definition) is 1. The summed E-state index contributed by atoms with van der Waals surface area (Å²) in [4.78, 5) is 32.5. The zero-order valence-electron chi connectivity index (χ0n) is 19.9. The van der Waals surface area contributed by atoms with E-state index in [-0.39, 0.29) is 28.1 Å². The molecule has 0 aliphatic carbocycles. The first-order chi connectivity index (χ1) is 17.9. The minimum Gasteiger partial charge on any atom is -0.507 e. The van der Waals surface area contributed by atoms with E-state index in [1.165, 1.54) is 34.4 Å². The number of aliphatic hydroxyl groups is 1. The van der Waals surface area contributed by atoms with Gasteiger partial charge in [0.15, 0.2) is 5.13 Å². The predicted molar refractivity (Wildman–Crippen MR) is 138 cm³/mol. The quantitative estimate of drug-likeness (QED) is 0.222. The number of thiazole rings is 1. The van der Waals surface area contributed by atoms with E-state index in [9.17, 15) is 14.7 Å². The lowest BCUT2D eigenvalue weighted by molar-refractivity contribution is -0.132. The van der Waals surface area contributed by atoms with Crippen LogP contribution in [-0.2, 0) is 16.0 Å². The molecule has 186 valence electrons. The van der Waals surface area contributed by atoms with Crippen molar-refractivity contribution in [1.82, 2.24) is 4.98 Å². The molecule has 0 spiro atoms. The molecule has 3 heterocycles. The first-order valence-electron chi connectivity index (χ1n) is 11.7. The summed E-state index contributed by atoms with van der Waals surface area (Å²) < 4.78 is 26.9. The summed E-state index contributed by atoms with van der Waals surface area (Å²) >= 11 is 1.18. The van der Waals surface area contributed by atoms with Crippen LogP contribution in [0.1, 0.15) is 29.7 Å². The summed E-state index contributed by atoms with van der Waals surface area (Å²) in [5.74, 6) is -1.46. The lowest BCUT2D eigenvalue weighted by atomic mass is 9.94. The topological polar surface area (TPSA) is 89.0 Å². The van der Waals surface area contributed by atoms with Gasteiger partial charge in [-0.3, -0.25) is 14.5 Å². The summed E-state index contributed by atoms with van der Waals surface area (Å²) in [5, 5.41) is 11.6. The van der Waals surface area contributed by atoms with Crippen LogP contribution < -0.4 is 14.4 Å². The first-order valence-corrected chi connectivity index (χ1v) is 12.5. The summed E-state index contributed by atoms with van der Waals surface area (Å²) in [7, 11) is 1.55. The highest BCUT2D eigenvalue weighted by Crippen LogP contribution is 2.45. The Hall–Kier alpha value is -4.24. The van der Waals surface area contributed by atoms with Crippen molar-refractivity contribution in [1.29, 1.82) is 0 Å². The van der Waals surface area contributed by atoms with Crippen LogP contribution in [0.15, 0.2) is 66.2 Å². The third-order valence-electron chi connectivity index (χ3n) is 6.60. The van der Waals surface area contributed by atoms with Crippen molar-refractivity contribution < 1.29 is 28.6 Å². The number of halogens is 1. The molecule has 1 saturated heterocycles. The molecule has 2 atom stereocenters. The number of hydrogen-bond acceptors (Lipinski definition) is 7. The van der Waals surface area contributed by atoms with E-state index in [0.29, 0.717) is 29.0 Å². The molecule has 0 bridgehead atoms. The van der Waals surface area contributed by atoms with E-state index in [2.05, 4.69) is 4.98 Å². The van der Waals surface area contributed by atoms with Crippen molar-refractivity contribution in [3.63, 3.8) is 0 Å². The number of carbonyl (C=O) groups excluding carboxylic acids is 2. The zero-order valence-corrected chi connectivity index (χ0v) is 20.7. The molecule has 0 unspecified atom stereocenters. The number of methoxy groups -OCH3 is 1. The molecular formula is C28H21FN2O5S. The molecule has 1 fully saturated rings. The third kappa shape index (κ3) is 3.74. The number of amides is 1. The summed E-state index contributed by atoms with van der Waals surface area (Å²) in [5.41, 5.74) is 1.72. The highest BCUT2D eigenvalue weighted by atomic mass is 32.1. The fourth-order valence-corrected chi connectivity index (χ4v) is 5.89. The molecule has 3 aromatic carbocycles. The Bertz CT molecular complexity index is 1630. The second kappa shape index (κ2) is 8.70. The molecule has 37 heavy (non-hydrogen) atoms. The normalized spacial score (nSPS) is 20.4. The minimum atomic E-state index is -1.20. The van der Waals surface area contributed by atoms with Gasteiger partial charge in [-0.25, -0.2) is 9.37 Å². The minimum absolute atomic E-state index is 0.00551. The van der Waals surface area contributed by atoms with Crippen LogP contribution in [-0.4, -0.2) is 35.0 Å². The van der Waals surface area contributed by atoms with Gasteiger partial charge < -0.3 is 14.6 Å². The standard InChI is InChI=1S/C28H21FN2O5S/c1-14-11-16-12-15(7-10-21(16)36-14)25(32)23-24(18-5-3-4-6-19(18)29)31(27(34)26(23)33)28-30-20-9-8-17(35-2)13-22(20)37-28/h3-10,12-14,24,32H,11H2,1-2H3/t14-,24+/m1/s1. The third-order valence-corrected chi connectivity index (χ3v) is 7.62. The molecule has 0 radical (unpaired) electrons. The fourth-order valence-electron chi connectivity index (χ4n) is 4.87. The Kier molecular flexibility index (Phi) is 5.45. The van der Waals surface area contributed by atoms with Gasteiger partial charge >= 0.3 is 5.91 Å². The SMILES string of the molecule is COc1ccc2nc(N3C(=O)C(=O)C(=C(O)c4ccc5c(c4)C[C@@H](C)O5)[C@@H]3c3ccccc3F)sc2c1. The fraction of sp³-hybridized carbons (Fsp3) is 0.179. The van der Waals surface area contributed by atoms with Crippen molar-refractivity contribution >= 4 is 44.1 Å². The first kappa shape index (κ1) is 23.2. The molecule has 2 aliphatic rings. The zero-order chi connectivity index (χ0) is 25.8. The van der Waals surface area contributed by atoms with E-state index in [4.69, 9.17) is 9.47 Å². The molecule has 4 aromatic rings. The highest BCUT2D eigenvalue weighted by molar-refractivity contribution is 7.22. The van der Waals surface area contributed by atoms with Crippen molar-refractivity contribution in [2.75, 3.05) is 12.0 Å². The Labute approximate surface area is 215 Å². The highest BCUT2D eigenvalue weighted by Gasteiger charge is 2.49. The summed E-state index contributed by atoms with van der Waals surface area (Å²) in [6.07, 6.45) is 0.644. The molecule has 7 nitrogen and oxygen atoms in total. The van der Waals surface area contributed by atoms with Crippen LogP contribution in [0.2, 0.25) is 0 Å². The largest absolute Gasteiger partial charge is 0.507 e. The van der Waals surface area contributed by atoms with Crippen LogP contribution in [0, 0.1) is 5.82 Å². The molecule has 1 N–H and O–H groups in total. The van der Waals surface area contributed by atoms with E-state index < -0.39 is 23.5 Å². The van der Waals surface area contributed by atoms with Crippen LogP contribution >= 0.6 is 11.3 Å². The Morgan fingerprint density at radius 2 is 1.97 bits per heavy atom. The lowest BCUT2D eigenvalue weighted by Crippen LogP contribution is -2.29. The number of fused-ring (bicyclic) bond motifs is 2. The number of carbonyl (C=O) groups is 2. The van der Waals surface area contributed by atoms with Gasteiger partial charge in [0, 0.05) is 17.5 Å². The number of anilines is 1. The molecule has 6 rings (SSSR count). The van der Waals surface area contributed by atoms with Gasteiger partial charge in [-0.2, -0.15) is 0 Å². The lowest BCUT2D eigenvalue weighted by Gasteiger charge is -2.23. The molecular weight excluding hydrogens is 495 g/mol. The van der Waals surface area contributed by atoms with Gasteiger partial charge in [0.25, 0.3) is 5.78 Å². The Balaban J connectivity index is 1.54. The van der Waals surface area contributed by atoms with Gasteiger partial charge in [0.2, 0.25) is 0 Å². The number of aliphatic hydroxyl groups excluding tert-OH is 1. The summed E-state index contributed by atoms with van der Waals surface area (Å²) in [6.45, 7) is 1.94. The van der Waals surface area contributed by atoms with E-state index in [1.54, 1.807) is 49.6 Å². The van der Waals surface area contributed by atoms with Crippen LogP contribution in [0.4, 0.5) is 9.52 Å². The molecule has 1 amide bonds. The average Bonchev–Trinajstić information content (AvgIpc) is 3.55. The number of ketones is 1. The smallest absolute Gasteiger partial charge is 0.301 e. The summed E-state index contributed by atoms with van der Waals surface area (Å²) in [6, 6.07) is 15.1. The van der Waals surface area contributed by atoms with Gasteiger partial charge in [-0.15, -0.1) is 0 Å². The molecule has 0 saturated carbocycles. The van der Waals surface area contributed by atoms with E-state index in [0.717, 1.165) is 10.3 Å². The number of ether oxygens (including phenoxy) is 2. The average molecular weight is 517 g/mol. The van der Waals surface area contributed by atoms with E-state index in [1.807, 2.05) is 6.92 Å². The number of aromatic nitrogens is 1. The predicted octanol–water partition coefficient (Wildman–Crippen LogP) is 5.39. The van der Waals surface area contributed by atoms with Gasteiger partial charge in [0.05, 0.1) is 22.9 Å². The van der Waals surface area contributed by atoms with Crippen LogP contribution in [0.5, 0.6) is 11.5 Å². The molecule has 1 aromatic heterocycles. The van der Waals surface area contributed by atoms with E-state index >= 15 is 4.39 Å². The number of rotatable bonds is 4. The van der Waals surface area contributed by atoms with Gasteiger partial charge in [-0.05, 0) is 55.0 Å². The Morgan fingerprint density at radius 1 is 1.16 bits per heavy atom. The maximum absolute atomic E-state index is 15.1. The van der Waals surface area contributed by atoms with Gasteiger partial charge in [0.1, 0.15) is 35.2 Å². The Morgan fingerprint density at radius 3 is 2.76 bits per heavy atom. The van der Waals surface area contributed by atoms with Crippen LogP contribution in [0.3, 0.4) is 0 Å². The van der Waals surface area contributed by atoms with Crippen molar-refractivity contribution in [3.05, 3.63) is 88.7 Å². The van der Waals surface area contributed by atoms with Gasteiger partial charge in [-0.1, -0.05) is 29.5 Å². The molecule has 2 aliphatic heterocycles. The van der Waals surface area contributed by atoms with Crippen LogP contribution in [0.25, 0.3) is 16.0 Å². The maximum atomic E-state index is 15.1. The second-order valence-corrected chi connectivity index (χ2v) is 9.98.